The predicted molar refractivity (Wildman–Crippen MR) is 84.3 cm³/mol. The van der Waals surface area contributed by atoms with E-state index in [4.69, 9.17) is 4.74 Å². The Morgan fingerprint density at radius 1 is 1.30 bits per heavy atom. The van der Waals surface area contributed by atoms with Crippen molar-refractivity contribution >= 4 is 0 Å². The van der Waals surface area contributed by atoms with E-state index in [1.165, 1.54) is 31.4 Å². The molecule has 0 aromatic heterocycles. The van der Waals surface area contributed by atoms with Gasteiger partial charge >= 0.3 is 0 Å². The van der Waals surface area contributed by atoms with Gasteiger partial charge in [0.05, 0.1) is 7.11 Å². The SMILES string of the molecule is CCCN(CC(NCC)c1ccccc1OC)C1CC1. The van der Waals surface area contributed by atoms with Crippen molar-refractivity contribution in [3.63, 3.8) is 0 Å². The number of rotatable bonds is 9. The van der Waals surface area contributed by atoms with Crippen LogP contribution in [0.4, 0.5) is 0 Å². The lowest BCUT2D eigenvalue weighted by molar-refractivity contribution is 0.232. The zero-order chi connectivity index (χ0) is 14.4. The van der Waals surface area contributed by atoms with Crippen LogP contribution in [-0.2, 0) is 0 Å². The van der Waals surface area contributed by atoms with E-state index in [0.717, 1.165) is 24.9 Å². The molecule has 1 N–H and O–H groups in total. The van der Waals surface area contributed by atoms with E-state index in [9.17, 15) is 0 Å². The summed E-state index contributed by atoms with van der Waals surface area (Å²) >= 11 is 0. The first-order chi connectivity index (χ1) is 9.80. The minimum absolute atomic E-state index is 0.350. The molecule has 1 unspecified atom stereocenters. The second-order valence-corrected chi connectivity index (χ2v) is 5.58. The van der Waals surface area contributed by atoms with Crippen molar-refractivity contribution in [2.45, 2.75) is 45.2 Å². The summed E-state index contributed by atoms with van der Waals surface area (Å²) in [6, 6.07) is 9.54. The number of methoxy groups -OCH3 is 1. The third-order valence-electron chi connectivity index (χ3n) is 3.96. The van der Waals surface area contributed by atoms with Crippen LogP contribution in [0.25, 0.3) is 0 Å². The molecule has 1 aromatic rings. The molecule has 1 saturated carbocycles. The summed E-state index contributed by atoms with van der Waals surface area (Å²) in [5.41, 5.74) is 1.28. The van der Waals surface area contributed by atoms with E-state index >= 15 is 0 Å². The van der Waals surface area contributed by atoms with Crippen molar-refractivity contribution in [1.29, 1.82) is 0 Å². The second kappa shape index (κ2) is 7.65. The summed E-state index contributed by atoms with van der Waals surface area (Å²) in [5, 5.41) is 3.62. The average molecular weight is 276 g/mol. The molecule has 0 radical (unpaired) electrons. The van der Waals surface area contributed by atoms with Crippen LogP contribution in [0.5, 0.6) is 5.75 Å². The summed E-state index contributed by atoms with van der Waals surface area (Å²) < 4.78 is 5.53. The molecule has 1 aliphatic carbocycles. The van der Waals surface area contributed by atoms with Gasteiger partial charge in [-0.1, -0.05) is 32.0 Å². The third-order valence-corrected chi connectivity index (χ3v) is 3.96. The number of likely N-dealkylation sites (N-methyl/N-ethyl adjacent to an activating group) is 1. The average Bonchev–Trinajstić information content (AvgIpc) is 3.30. The summed E-state index contributed by atoms with van der Waals surface area (Å²) in [6.45, 7) is 7.69. The smallest absolute Gasteiger partial charge is 0.123 e. The molecule has 112 valence electrons. The van der Waals surface area contributed by atoms with Crippen LogP contribution in [-0.4, -0.2) is 37.7 Å². The predicted octanol–water partition coefficient (Wildman–Crippen LogP) is 3.22. The Morgan fingerprint density at radius 2 is 2.05 bits per heavy atom. The Hall–Kier alpha value is -1.06. The first kappa shape index (κ1) is 15.3. The molecule has 0 amide bonds. The molecule has 0 heterocycles. The van der Waals surface area contributed by atoms with Gasteiger partial charge in [0.1, 0.15) is 5.75 Å². The molecule has 1 atom stereocenters. The van der Waals surface area contributed by atoms with Crippen molar-refractivity contribution < 1.29 is 4.74 Å². The largest absolute Gasteiger partial charge is 0.496 e. The van der Waals surface area contributed by atoms with Crippen LogP contribution in [0, 0.1) is 0 Å². The lowest BCUT2D eigenvalue weighted by atomic mass is 10.0. The van der Waals surface area contributed by atoms with Crippen molar-refractivity contribution in [3.05, 3.63) is 29.8 Å². The van der Waals surface area contributed by atoms with E-state index in [1.54, 1.807) is 7.11 Å². The van der Waals surface area contributed by atoms with Crippen molar-refractivity contribution in [2.24, 2.45) is 0 Å². The molecular formula is C17H28N2O. The lowest BCUT2D eigenvalue weighted by Crippen LogP contribution is -2.37. The Balaban J connectivity index is 2.12. The van der Waals surface area contributed by atoms with Crippen LogP contribution in [0.3, 0.4) is 0 Å². The molecule has 0 saturated heterocycles. The molecule has 1 fully saturated rings. The van der Waals surface area contributed by atoms with Gasteiger partial charge < -0.3 is 10.1 Å². The fourth-order valence-electron chi connectivity index (χ4n) is 2.86. The Labute approximate surface area is 123 Å². The van der Waals surface area contributed by atoms with Gasteiger partial charge in [0.25, 0.3) is 0 Å². The highest BCUT2D eigenvalue weighted by atomic mass is 16.5. The maximum absolute atomic E-state index is 5.53. The lowest BCUT2D eigenvalue weighted by Gasteiger charge is -2.29. The molecule has 1 aliphatic rings. The van der Waals surface area contributed by atoms with E-state index in [0.29, 0.717) is 6.04 Å². The number of hydrogen-bond donors (Lipinski definition) is 1. The number of benzene rings is 1. The minimum Gasteiger partial charge on any atom is -0.496 e. The zero-order valence-electron chi connectivity index (χ0n) is 13.1. The quantitative estimate of drug-likeness (QED) is 0.749. The number of ether oxygens (including phenoxy) is 1. The van der Waals surface area contributed by atoms with E-state index < -0.39 is 0 Å². The van der Waals surface area contributed by atoms with Gasteiger partial charge in [-0.3, -0.25) is 4.90 Å². The van der Waals surface area contributed by atoms with E-state index in [2.05, 4.69) is 42.3 Å². The molecule has 20 heavy (non-hydrogen) atoms. The van der Waals surface area contributed by atoms with Gasteiger partial charge in [-0.15, -0.1) is 0 Å². The first-order valence-corrected chi connectivity index (χ1v) is 7.90. The van der Waals surface area contributed by atoms with Gasteiger partial charge in [-0.2, -0.15) is 0 Å². The molecule has 1 aromatic carbocycles. The van der Waals surface area contributed by atoms with Gasteiger partial charge in [-0.25, -0.2) is 0 Å². The van der Waals surface area contributed by atoms with Crippen molar-refractivity contribution in [1.82, 2.24) is 10.2 Å². The molecule has 0 spiro atoms. The molecule has 3 nitrogen and oxygen atoms in total. The minimum atomic E-state index is 0.350. The van der Waals surface area contributed by atoms with E-state index in [-0.39, 0.29) is 0 Å². The van der Waals surface area contributed by atoms with Gasteiger partial charge in [-0.05, 0) is 38.4 Å². The number of nitrogens with one attached hydrogen (secondary N) is 1. The molecule has 2 rings (SSSR count). The number of hydrogen-bond acceptors (Lipinski definition) is 3. The highest BCUT2D eigenvalue weighted by Crippen LogP contribution is 2.31. The van der Waals surface area contributed by atoms with Crippen LogP contribution in [0.15, 0.2) is 24.3 Å². The van der Waals surface area contributed by atoms with Crippen LogP contribution < -0.4 is 10.1 Å². The molecular weight excluding hydrogens is 248 g/mol. The summed E-state index contributed by atoms with van der Waals surface area (Å²) in [6.07, 6.45) is 3.96. The Kier molecular flexibility index (Phi) is 5.86. The van der Waals surface area contributed by atoms with E-state index in [1.807, 2.05) is 6.07 Å². The number of nitrogens with zero attached hydrogens (tertiary/aromatic N) is 1. The van der Waals surface area contributed by atoms with Crippen molar-refractivity contribution in [2.75, 3.05) is 26.7 Å². The Morgan fingerprint density at radius 3 is 2.65 bits per heavy atom. The molecule has 0 bridgehead atoms. The normalized spacial score (nSPS) is 16.4. The van der Waals surface area contributed by atoms with Crippen LogP contribution >= 0.6 is 0 Å². The summed E-state index contributed by atoms with van der Waals surface area (Å²) in [7, 11) is 1.76. The topological polar surface area (TPSA) is 24.5 Å². The zero-order valence-corrected chi connectivity index (χ0v) is 13.1. The Bertz CT molecular complexity index is 404. The number of para-hydroxylation sites is 1. The fourth-order valence-corrected chi connectivity index (χ4v) is 2.86. The van der Waals surface area contributed by atoms with Gasteiger partial charge in [0.2, 0.25) is 0 Å². The van der Waals surface area contributed by atoms with Crippen LogP contribution in [0.1, 0.15) is 44.7 Å². The van der Waals surface area contributed by atoms with Gasteiger partial charge in [0.15, 0.2) is 0 Å². The van der Waals surface area contributed by atoms with Crippen molar-refractivity contribution in [3.8, 4) is 5.75 Å². The molecule has 3 heteroatoms. The second-order valence-electron chi connectivity index (χ2n) is 5.58. The third kappa shape index (κ3) is 3.97. The summed E-state index contributed by atoms with van der Waals surface area (Å²) in [4.78, 5) is 2.64. The molecule has 0 aliphatic heterocycles. The first-order valence-electron chi connectivity index (χ1n) is 7.90. The fraction of sp³-hybridized carbons (Fsp3) is 0.647. The maximum atomic E-state index is 5.53. The highest BCUT2D eigenvalue weighted by molar-refractivity contribution is 5.36. The monoisotopic (exact) mass is 276 g/mol. The standard InChI is InChI=1S/C17H28N2O/c1-4-12-19(14-10-11-14)13-16(18-5-2)15-8-6-7-9-17(15)20-3/h6-9,14,16,18H,4-5,10-13H2,1-3H3. The highest BCUT2D eigenvalue weighted by Gasteiger charge is 2.30. The van der Waals surface area contributed by atoms with Crippen LogP contribution in [0.2, 0.25) is 0 Å². The van der Waals surface area contributed by atoms with Gasteiger partial charge in [0, 0.05) is 24.2 Å². The maximum Gasteiger partial charge on any atom is 0.123 e. The summed E-state index contributed by atoms with van der Waals surface area (Å²) in [5.74, 6) is 0.991.